The van der Waals surface area contributed by atoms with Crippen LogP contribution in [-0.2, 0) is 4.79 Å². The highest BCUT2D eigenvalue weighted by Gasteiger charge is 2.17. The van der Waals surface area contributed by atoms with Crippen LogP contribution in [0.2, 0.25) is 0 Å². The van der Waals surface area contributed by atoms with Crippen LogP contribution < -0.4 is 4.90 Å². The van der Waals surface area contributed by atoms with Crippen molar-refractivity contribution < 1.29 is 4.79 Å². The Bertz CT molecular complexity index is 433. The number of alkyl halides is 1. The van der Waals surface area contributed by atoms with Gasteiger partial charge in [-0.1, -0.05) is 41.4 Å². The lowest BCUT2D eigenvalue weighted by molar-refractivity contribution is -0.115. The lowest BCUT2D eigenvalue weighted by atomic mass is 10.1. The van der Waals surface area contributed by atoms with Crippen LogP contribution in [0.5, 0.6) is 0 Å². The van der Waals surface area contributed by atoms with E-state index in [4.69, 9.17) is 34.8 Å². The molecule has 0 fully saturated rings. The van der Waals surface area contributed by atoms with Gasteiger partial charge in [0.2, 0.25) is 5.91 Å². The minimum Gasteiger partial charge on any atom is -0.284 e. The van der Waals surface area contributed by atoms with Gasteiger partial charge in [0.05, 0.1) is 5.69 Å². The molecule has 1 aromatic rings. The van der Waals surface area contributed by atoms with Crippen molar-refractivity contribution in [3.63, 3.8) is 0 Å². The first kappa shape index (κ1) is 14.4. The fraction of sp³-hybridized carbons (Fsp3) is 0.250. The SMILES string of the molecule is Cc1cccc(C)c1N(C=C(Cl)Cl)C(=O)CCl. The van der Waals surface area contributed by atoms with Crippen LogP contribution >= 0.6 is 34.8 Å². The molecule has 0 N–H and O–H groups in total. The summed E-state index contributed by atoms with van der Waals surface area (Å²) in [6, 6.07) is 5.74. The number of anilines is 1. The molecule has 1 amide bonds. The third-order valence-corrected chi connectivity index (χ3v) is 2.71. The van der Waals surface area contributed by atoms with Crippen LogP contribution in [0.4, 0.5) is 5.69 Å². The molecule has 0 aliphatic carbocycles. The van der Waals surface area contributed by atoms with Crippen LogP contribution in [0, 0.1) is 13.8 Å². The minimum atomic E-state index is -0.275. The zero-order valence-corrected chi connectivity index (χ0v) is 11.8. The van der Waals surface area contributed by atoms with Crippen LogP contribution in [0.1, 0.15) is 11.1 Å². The molecule has 2 nitrogen and oxygen atoms in total. The highest BCUT2D eigenvalue weighted by atomic mass is 35.5. The summed E-state index contributed by atoms with van der Waals surface area (Å²) in [4.78, 5) is 13.2. The Morgan fingerprint density at radius 1 is 1.29 bits per heavy atom. The van der Waals surface area contributed by atoms with Gasteiger partial charge in [-0.15, -0.1) is 11.6 Å². The molecule has 0 saturated heterocycles. The standard InChI is InChI=1S/C12H12Cl3NO/c1-8-4-3-5-9(2)12(8)16(7-10(14)15)11(17)6-13/h3-5,7H,6H2,1-2H3. The van der Waals surface area contributed by atoms with Crippen molar-refractivity contribution in [1.82, 2.24) is 0 Å². The molecular weight excluding hydrogens is 280 g/mol. The monoisotopic (exact) mass is 291 g/mol. The first-order valence-electron chi connectivity index (χ1n) is 4.94. The normalized spacial score (nSPS) is 9.94. The fourth-order valence-corrected chi connectivity index (χ4v) is 1.93. The largest absolute Gasteiger partial charge is 0.284 e. The summed E-state index contributed by atoms with van der Waals surface area (Å²) < 4.78 is 0.00567. The molecule has 0 unspecified atom stereocenters. The topological polar surface area (TPSA) is 20.3 Å². The second-order valence-corrected chi connectivity index (χ2v) is 4.83. The maximum Gasteiger partial charge on any atom is 0.246 e. The highest BCUT2D eigenvalue weighted by molar-refractivity contribution is 6.56. The van der Waals surface area contributed by atoms with Crippen LogP contribution in [0.15, 0.2) is 28.9 Å². The molecular formula is C12H12Cl3NO. The zero-order chi connectivity index (χ0) is 13.0. The molecule has 0 aliphatic heterocycles. The van der Waals surface area contributed by atoms with E-state index < -0.39 is 0 Å². The lowest BCUT2D eigenvalue weighted by Crippen LogP contribution is -2.27. The number of carbonyl (C=O) groups is 1. The first-order valence-corrected chi connectivity index (χ1v) is 6.23. The molecule has 0 spiro atoms. The molecule has 0 aliphatic rings. The fourth-order valence-electron chi connectivity index (χ4n) is 1.61. The Morgan fingerprint density at radius 2 is 1.82 bits per heavy atom. The summed E-state index contributed by atoms with van der Waals surface area (Å²) >= 11 is 16.8. The average Bonchev–Trinajstić information content (AvgIpc) is 2.26. The van der Waals surface area contributed by atoms with Gasteiger partial charge < -0.3 is 0 Å². The summed E-state index contributed by atoms with van der Waals surface area (Å²) in [5, 5.41) is 0. The van der Waals surface area contributed by atoms with E-state index in [0.717, 1.165) is 16.8 Å². The van der Waals surface area contributed by atoms with E-state index in [2.05, 4.69) is 0 Å². The Labute approximate surface area is 116 Å². The number of rotatable bonds is 3. The van der Waals surface area contributed by atoms with Crippen LogP contribution in [-0.4, -0.2) is 11.8 Å². The zero-order valence-electron chi connectivity index (χ0n) is 9.51. The van der Waals surface area contributed by atoms with Crippen LogP contribution in [0.3, 0.4) is 0 Å². The molecule has 17 heavy (non-hydrogen) atoms. The van der Waals surface area contributed by atoms with Crippen molar-refractivity contribution in [3.05, 3.63) is 40.0 Å². The molecule has 0 radical (unpaired) electrons. The van der Waals surface area contributed by atoms with E-state index >= 15 is 0 Å². The number of hydrogen-bond acceptors (Lipinski definition) is 1. The second kappa shape index (κ2) is 6.29. The number of aryl methyl sites for hydroxylation is 2. The summed E-state index contributed by atoms with van der Waals surface area (Å²) in [6.07, 6.45) is 1.36. The number of halogens is 3. The molecule has 5 heteroatoms. The predicted octanol–water partition coefficient (Wildman–Crippen LogP) is 4.15. The highest BCUT2D eigenvalue weighted by Crippen LogP contribution is 2.26. The number of benzene rings is 1. The van der Waals surface area contributed by atoms with E-state index in [1.54, 1.807) is 0 Å². The van der Waals surface area contributed by atoms with Gasteiger partial charge in [0.1, 0.15) is 10.4 Å². The van der Waals surface area contributed by atoms with Gasteiger partial charge >= 0.3 is 0 Å². The number of para-hydroxylation sites is 1. The maximum absolute atomic E-state index is 11.8. The van der Waals surface area contributed by atoms with E-state index in [1.165, 1.54) is 11.1 Å². The third-order valence-electron chi connectivity index (χ3n) is 2.29. The summed E-state index contributed by atoms with van der Waals surface area (Å²) in [7, 11) is 0. The maximum atomic E-state index is 11.8. The van der Waals surface area contributed by atoms with Crippen molar-refractivity contribution in [3.8, 4) is 0 Å². The molecule has 1 aromatic carbocycles. The third kappa shape index (κ3) is 3.63. The number of amides is 1. The molecule has 0 bridgehead atoms. The Kier molecular flexibility index (Phi) is 5.31. The van der Waals surface area contributed by atoms with E-state index in [1.807, 2.05) is 32.0 Å². The summed E-state index contributed by atoms with van der Waals surface area (Å²) in [5.74, 6) is -0.409. The molecule has 0 heterocycles. The Hall–Kier alpha value is -0.700. The summed E-state index contributed by atoms with van der Waals surface area (Å²) in [5.41, 5.74) is 2.67. The van der Waals surface area contributed by atoms with Gasteiger partial charge in [-0.2, -0.15) is 0 Å². The van der Waals surface area contributed by atoms with Gasteiger partial charge in [-0.25, -0.2) is 0 Å². The van der Waals surface area contributed by atoms with Gasteiger partial charge in [0, 0.05) is 6.20 Å². The van der Waals surface area contributed by atoms with Gasteiger partial charge in [0.25, 0.3) is 0 Å². The first-order chi connectivity index (χ1) is 7.97. The van der Waals surface area contributed by atoms with Crippen LogP contribution in [0.25, 0.3) is 0 Å². The minimum absolute atomic E-state index is 0.00567. The Morgan fingerprint density at radius 3 is 2.24 bits per heavy atom. The van der Waals surface area contributed by atoms with Crippen molar-refractivity contribution in [2.75, 3.05) is 10.8 Å². The molecule has 0 saturated carbocycles. The van der Waals surface area contributed by atoms with Gasteiger partial charge in [-0.05, 0) is 25.0 Å². The molecule has 0 atom stereocenters. The van der Waals surface area contributed by atoms with Gasteiger partial charge in [-0.3, -0.25) is 9.69 Å². The molecule has 1 rings (SSSR count). The van der Waals surface area contributed by atoms with Crippen molar-refractivity contribution in [2.24, 2.45) is 0 Å². The molecule has 92 valence electrons. The van der Waals surface area contributed by atoms with E-state index in [0.29, 0.717) is 0 Å². The predicted molar refractivity (Wildman–Crippen MR) is 73.9 cm³/mol. The van der Waals surface area contributed by atoms with E-state index in [9.17, 15) is 4.79 Å². The smallest absolute Gasteiger partial charge is 0.246 e. The quantitative estimate of drug-likeness (QED) is 0.766. The van der Waals surface area contributed by atoms with Gasteiger partial charge in [0.15, 0.2) is 0 Å². The average molecular weight is 293 g/mol. The van der Waals surface area contributed by atoms with Crippen molar-refractivity contribution in [1.29, 1.82) is 0 Å². The van der Waals surface area contributed by atoms with Crippen molar-refractivity contribution in [2.45, 2.75) is 13.8 Å². The second-order valence-electron chi connectivity index (χ2n) is 3.56. The van der Waals surface area contributed by atoms with Crippen molar-refractivity contribution >= 4 is 46.4 Å². The number of nitrogens with zero attached hydrogens (tertiary/aromatic N) is 1. The number of carbonyl (C=O) groups excluding carboxylic acids is 1. The number of hydrogen-bond donors (Lipinski definition) is 0. The Balaban J connectivity index is 3.32. The molecule has 0 aromatic heterocycles. The van der Waals surface area contributed by atoms with E-state index in [-0.39, 0.29) is 16.3 Å². The lowest BCUT2D eigenvalue weighted by Gasteiger charge is -2.21. The summed E-state index contributed by atoms with van der Waals surface area (Å²) in [6.45, 7) is 3.82.